The Hall–Kier alpha value is -2.27. The van der Waals surface area contributed by atoms with E-state index in [1.807, 2.05) is 0 Å². The zero-order valence-corrected chi connectivity index (χ0v) is 15.1. The van der Waals surface area contributed by atoms with Crippen molar-refractivity contribution in [2.75, 3.05) is 13.7 Å². The number of carbonyl (C=O) groups is 1. The van der Waals surface area contributed by atoms with E-state index in [9.17, 15) is 14.3 Å². The Morgan fingerprint density at radius 1 is 1.24 bits per heavy atom. The molecule has 0 atom stereocenters. The molecule has 0 radical (unpaired) electrons. The van der Waals surface area contributed by atoms with Crippen LogP contribution in [0.4, 0.5) is 4.39 Å². The number of ether oxygens (including phenoxy) is 2. The third-order valence-electron chi connectivity index (χ3n) is 3.89. The van der Waals surface area contributed by atoms with E-state index in [-0.39, 0.29) is 46.0 Å². The molecule has 0 aliphatic rings. The minimum Gasteiger partial charge on any atom is -0.504 e. The molecule has 0 heterocycles. The summed E-state index contributed by atoms with van der Waals surface area (Å²) in [5, 5.41) is 10.6. The first-order chi connectivity index (χ1) is 11.9. The standard InChI is InChI=1S/C19H20ClFO4/c1-11-15(12(2)22)17(23)19(18(24-3)16(11)20)25-10-4-5-13-6-8-14(21)9-7-13/h6-9,23H,4-5,10H2,1-3H3. The molecule has 0 fully saturated rings. The summed E-state index contributed by atoms with van der Waals surface area (Å²) in [6.07, 6.45) is 1.32. The molecule has 0 spiro atoms. The Labute approximate surface area is 151 Å². The molecule has 0 amide bonds. The van der Waals surface area contributed by atoms with Crippen molar-refractivity contribution in [3.8, 4) is 17.2 Å². The lowest BCUT2D eigenvalue weighted by molar-refractivity contribution is 0.101. The second kappa shape index (κ2) is 8.21. The summed E-state index contributed by atoms with van der Waals surface area (Å²) in [7, 11) is 1.42. The molecule has 0 bridgehead atoms. The van der Waals surface area contributed by atoms with E-state index in [4.69, 9.17) is 21.1 Å². The number of carbonyl (C=O) groups excluding carboxylic acids is 1. The summed E-state index contributed by atoms with van der Waals surface area (Å²) in [6, 6.07) is 6.24. The molecular formula is C19H20ClFO4. The molecule has 4 nitrogen and oxygen atoms in total. The Morgan fingerprint density at radius 2 is 1.88 bits per heavy atom. The van der Waals surface area contributed by atoms with Gasteiger partial charge in [-0.15, -0.1) is 0 Å². The Bertz CT molecular complexity index is 772. The van der Waals surface area contributed by atoms with Crippen molar-refractivity contribution in [1.82, 2.24) is 0 Å². The average Bonchev–Trinajstić information content (AvgIpc) is 2.57. The molecule has 0 aliphatic heterocycles. The van der Waals surface area contributed by atoms with E-state index >= 15 is 0 Å². The van der Waals surface area contributed by atoms with Gasteiger partial charge in [0.1, 0.15) is 5.82 Å². The van der Waals surface area contributed by atoms with Gasteiger partial charge in [0.2, 0.25) is 5.75 Å². The lowest BCUT2D eigenvalue weighted by Gasteiger charge is -2.18. The highest BCUT2D eigenvalue weighted by molar-refractivity contribution is 6.34. The van der Waals surface area contributed by atoms with E-state index in [0.29, 0.717) is 18.4 Å². The Kier molecular flexibility index (Phi) is 6.26. The van der Waals surface area contributed by atoms with Crippen molar-refractivity contribution < 1.29 is 23.8 Å². The number of Topliss-reactive ketones (excluding diaryl/α,β-unsaturated/α-hetero) is 1. The number of hydrogen-bond acceptors (Lipinski definition) is 4. The largest absolute Gasteiger partial charge is 0.504 e. The summed E-state index contributed by atoms with van der Waals surface area (Å²) in [5.41, 5.74) is 1.55. The van der Waals surface area contributed by atoms with Gasteiger partial charge in [-0.05, 0) is 49.9 Å². The third kappa shape index (κ3) is 4.23. The van der Waals surface area contributed by atoms with Crippen molar-refractivity contribution in [1.29, 1.82) is 0 Å². The highest BCUT2D eigenvalue weighted by Crippen LogP contribution is 2.47. The molecule has 2 rings (SSSR count). The zero-order chi connectivity index (χ0) is 18.6. The van der Waals surface area contributed by atoms with Crippen LogP contribution in [0.5, 0.6) is 17.2 Å². The van der Waals surface area contributed by atoms with Gasteiger partial charge < -0.3 is 14.6 Å². The first-order valence-corrected chi connectivity index (χ1v) is 8.21. The maximum Gasteiger partial charge on any atom is 0.205 e. The van der Waals surface area contributed by atoms with Crippen LogP contribution in [0.2, 0.25) is 5.02 Å². The fourth-order valence-electron chi connectivity index (χ4n) is 2.63. The number of aromatic hydroxyl groups is 1. The second-order valence-corrected chi connectivity index (χ2v) is 6.04. The number of hydrogen-bond donors (Lipinski definition) is 1. The number of ketones is 1. The molecule has 0 aromatic heterocycles. The van der Waals surface area contributed by atoms with E-state index in [1.165, 1.54) is 26.2 Å². The molecule has 0 aliphatic carbocycles. The number of halogens is 2. The lowest BCUT2D eigenvalue weighted by Crippen LogP contribution is -2.06. The van der Waals surface area contributed by atoms with Crippen LogP contribution in [0, 0.1) is 12.7 Å². The van der Waals surface area contributed by atoms with Crippen LogP contribution in [0.15, 0.2) is 24.3 Å². The first-order valence-electron chi connectivity index (χ1n) is 7.84. The Morgan fingerprint density at radius 3 is 2.44 bits per heavy atom. The lowest BCUT2D eigenvalue weighted by atomic mass is 10.0. The van der Waals surface area contributed by atoms with Crippen molar-refractivity contribution in [3.05, 3.63) is 51.8 Å². The van der Waals surface area contributed by atoms with Crippen LogP contribution in [0.1, 0.15) is 34.8 Å². The highest BCUT2D eigenvalue weighted by atomic mass is 35.5. The topological polar surface area (TPSA) is 55.8 Å². The van der Waals surface area contributed by atoms with E-state index in [2.05, 4.69) is 0 Å². The van der Waals surface area contributed by atoms with Crippen molar-refractivity contribution in [2.45, 2.75) is 26.7 Å². The summed E-state index contributed by atoms with van der Waals surface area (Å²) in [5.74, 6) is -0.602. The Balaban J connectivity index is 2.15. The van der Waals surface area contributed by atoms with Gasteiger partial charge in [-0.1, -0.05) is 23.7 Å². The van der Waals surface area contributed by atoms with Crippen LogP contribution in [0.3, 0.4) is 0 Å². The number of phenolic OH excluding ortho intramolecular Hbond substituents is 1. The summed E-state index contributed by atoms with van der Waals surface area (Å²) in [4.78, 5) is 11.8. The van der Waals surface area contributed by atoms with Gasteiger partial charge in [-0.2, -0.15) is 0 Å². The minimum absolute atomic E-state index is 0.0578. The van der Waals surface area contributed by atoms with E-state index < -0.39 is 0 Å². The van der Waals surface area contributed by atoms with Crippen molar-refractivity contribution in [2.24, 2.45) is 0 Å². The molecule has 6 heteroatoms. The van der Waals surface area contributed by atoms with Crippen LogP contribution in [-0.4, -0.2) is 24.6 Å². The summed E-state index contributed by atoms with van der Waals surface area (Å²) >= 11 is 6.24. The fraction of sp³-hybridized carbons (Fsp3) is 0.316. The monoisotopic (exact) mass is 366 g/mol. The molecular weight excluding hydrogens is 347 g/mol. The van der Waals surface area contributed by atoms with Gasteiger partial charge in [0, 0.05) is 0 Å². The molecule has 134 valence electrons. The van der Waals surface area contributed by atoms with Crippen molar-refractivity contribution in [3.63, 3.8) is 0 Å². The summed E-state index contributed by atoms with van der Waals surface area (Å²) in [6.45, 7) is 3.26. The minimum atomic E-state index is -0.310. The van der Waals surface area contributed by atoms with Crippen LogP contribution >= 0.6 is 11.6 Å². The third-order valence-corrected chi connectivity index (χ3v) is 4.34. The van der Waals surface area contributed by atoms with E-state index in [1.54, 1.807) is 19.1 Å². The van der Waals surface area contributed by atoms with Gasteiger partial charge in [0.15, 0.2) is 17.3 Å². The zero-order valence-electron chi connectivity index (χ0n) is 14.4. The molecule has 0 saturated carbocycles. The molecule has 2 aromatic rings. The summed E-state index contributed by atoms with van der Waals surface area (Å²) < 4.78 is 23.8. The fourth-order valence-corrected chi connectivity index (χ4v) is 2.88. The maximum absolute atomic E-state index is 12.9. The maximum atomic E-state index is 12.9. The smallest absolute Gasteiger partial charge is 0.205 e. The predicted octanol–water partition coefficient (Wildman–Crippen LogP) is 4.72. The molecule has 1 N–H and O–H groups in total. The van der Waals surface area contributed by atoms with Crippen LogP contribution in [-0.2, 0) is 6.42 Å². The molecule has 25 heavy (non-hydrogen) atoms. The van der Waals surface area contributed by atoms with Gasteiger partial charge in [0.05, 0.1) is 24.3 Å². The predicted molar refractivity (Wildman–Crippen MR) is 94.6 cm³/mol. The van der Waals surface area contributed by atoms with Gasteiger partial charge in [0.25, 0.3) is 0 Å². The second-order valence-electron chi connectivity index (χ2n) is 5.66. The van der Waals surface area contributed by atoms with Gasteiger partial charge >= 0.3 is 0 Å². The quantitative estimate of drug-likeness (QED) is 0.569. The first kappa shape index (κ1) is 19.1. The number of benzene rings is 2. The SMILES string of the molecule is COc1c(Cl)c(C)c(C(C)=O)c(O)c1OCCCc1ccc(F)cc1. The molecule has 0 unspecified atom stereocenters. The normalized spacial score (nSPS) is 10.6. The van der Waals surface area contributed by atoms with Crippen LogP contribution in [0.25, 0.3) is 0 Å². The molecule has 0 saturated heterocycles. The van der Waals surface area contributed by atoms with E-state index in [0.717, 1.165) is 5.56 Å². The average molecular weight is 367 g/mol. The highest BCUT2D eigenvalue weighted by Gasteiger charge is 2.25. The van der Waals surface area contributed by atoms with Crippen LogP contribution < -0.4 is 9.47 Å². The van der Waals surface area contributed by atoms with Crippen molar-refractivity contribution >= 4 is 17.4 Å². The number of methoxy groups -OCH3 is 1. The number of aryl methyl sites for hydroxylation is 1. The molecule has 2 aromatic carbocycles. The number of phenols is 1. The van der Waals surface area contributed by atoms with Gasteiger partial charge in [-0.3, -0.25) is 4.79 Å². The number of rotatable bonds is 7. The van der Waals surface area contributed by atoms with Gasteiger partial charge in [-0.25, -0.2) is 4.39 Å².